The summed E-state index contributed by atoms with van der Waals surface area (Å²) >= 11 is 0. The van der Waals surface area contributed by atoms with Gasteiger partial charge in [-0.2, -0.15) is 0 Å². The molecule has 2 aliphatic rings. The highest BCUT2D eigenvalue weighted by atomic mass is 19.1. The van der Waals surface area contributed by atoms with Gasteiger partial charge in [-0.25, -0.2) is 9.37 Å². The second kappa shape index (κ2) is 10.1. The van der Waals surface area contributed by atoms with Gasteiger partial charge in [0.1, 0.15) is 11.6 Å². The van der Waals surface area contributed by atoms with Crippen LogP contribution in [0.5, 0.6) is 0 Å². The Bertz CT molecular complexity index is 896. The van der Waals surface area contributed by atoms with Crippen LogP contribution in [0.25, 0.3) is 11.1 Å². The van der Waals surface area contributed by atoms with E-state index < -0.39 is 0 Å². The first-order chi connectivity index (χ1) is 15.4. The van der Waals surface area contributed by atoms with E-state index in [1.165, 1.54) is 19.0 Å². The van der Waals surface area contributed by atoms with Crippen molar-refractivity contribution in [3.8, 4) is 11.1 Å². The fourth-order valence-corrected chi connectivity index (χ4v) is 4.44. The molecule has 2 aliphatic carbocycles. The SMILES string of the molecule is COC[C@@H](C)N[C@H]1CC[C@H](Nc2cc(-c3cncc(NCC4(C)CC4)c3)c(F)cn2)CC1. The third kappa shape index (κ3) is 6.17. The normalized spacial score (nSPS) is 22.9. The summed E-state index contributed by atoms with van der Waals surface area (Å²) in [7, 11) is 1.74. The number of methoxy groups -OCH3 is 1. The lowest BCUT2D eigenvalue weighted by molar-refractivity contribution is 0.161. The van der Waals surface area contributed by atoms with Crippen molar-refractivity contribution in [2.24, 2.45) is 5.41 Å². The minimum Gasteiger partial charge on any atom is -0.383 e. The highest BCUT2D eigenvalue weighted by Gasteiger charge is 2.36. The molecule has 2 fully saturated rings. The van der Waals surface area contributed by atoms with Gasteiger partial charge >= 0.3 is 0 Å². The first-order valence-corrected chi connectivity index (χ1v) is 11.8. The van der Waals surface area contributed by atoms with Gasteiger partial charge in [-0.1, -0.05) is 6.92 Å². The van der Waals surface area contributed by atoms with E-state index >= 15 is 0 Å². The average Bonchev–Trinajstić information content (AvgIpc) is 3.53. The third-order valence-corrected chi connectivity index (χ3v) is 6.74. The Hall–Kier alpha value is -2.25. The van der Waals surface area contributed by atoms with Crippen molar-refractivity contribution >= 4 is 11.5 Å². The molecule has 6 nitrogen and oxygen atoms in total. The number of hydrogen-bond acceptors (Lipinski definition) is 6. The van der Waals surface area contributed by atoms with Crippen molar-refractivity contribution in [3.05, 3.63) is 36.5 Å². The fourth-order valence-electron chi connectivity index (χ4n) is 4.44. The monoisotopic (exact) mass is 441 g/mol. The van der Waals surface area contributed by atoms with Crippen LogP contribution in [-0.4, -0.2) is 48.4 Å². The minimum atomic E-state index is -0.330. The lowest BCUT2D eigenvalue weighted by Crippen LogP contribution is -2.42. The Morgan fingerprint density at radius 1 is 1.12 bits per heavy atom. The summed E-state index contributed by atoms with van der Waals surface area (Å²) in [5.41, 5.74) is 2.61. The molecular weight excluding hydrogens is 405 g/mol. The van der Waals surface area contributed by atoms with Gasteiger partial charge in [0.25, 0.3) is 0 Å². The van der Waals surface area contributed by atoms with Crippen LogP contribution in [0.4, 0.5) is 15.9 Å². The van der Waals surface area contributed by atoms with E-state index in [1.807, 2.05) is 12.1 Å². The first kappa shape index (κ1) is 22.9. The molecule has 0 amide bonds. The van der Waals surface area contributed by atoms with Gasteiger partial charge in [0.05, 0.1) is 18.5 Å². The molecule has 174 valence electrons. The number of rotatable bonds is 10. The molecule has 32 heavy (non-hydrogen) atoms. The molecule has 3 N–H and O–H groups in total. The van der Waals surface area contributed by atoms with E-state index in [2.05, 4.69) is 39.8 Å². The van der Waals surface area contributed by atoms with Crippen molar-refractivity contribution in [2.45, 2.75) is 70.5 Å². The Morgan fingerprint density at radius 2 is 1.88 bits per heavy atom. The maximum absolute atomic E-state index is 14.6. The maximum atomic E-state index is 14.6. The predicted molar refractivity (Wildman–Crippen MR) is 127 cm³/mol. The second-order valence-electron chi connectivity index (χ2n) is 9.89. The Kier molecular flexibility index (Phi) is 7.26. The molecule has 2 aromatic rings. The molecule has 4 rings (SSSR count). The van der Waals surface area contributed by atoms with Crippen LogP contribution in [-0.2, 0) is 4.74 Å². The first-order valence-electron chi connectivity index (χ1n) is 11.8. The van der Waals surface area contributed by atoms with Crippen molar-refractivity contribution in [1.82, 2.24) is 15.3 Å². The maximum Gasteiger partial charge on any atom is 0.149 e. The summed E-state index contributed by atoms with van der Waals surface area (Å²) < 4.78 is 19.8. The van der Waals surface area contributed by atoms with Gasteiger partial charge in [0.2, 0.25) is 0 Å². The van der Waals surface area contributed by atoms with Gasteiger partial charge in [-0.3, -0.25) is 4.98 Å². The Labute approximate surface area is 190 Å². The predicted octanol–water partition coefficient (Wildman–Crippen LogP) is 4.84. The van der Waals surface area contributed by atoms with Crippen molar-refractivity contribution < 1.29 is 9.13 Å². The smallest absolute Gasteiger partial charge is 0.149 e. The minimum absolute atomic E-state index is 0.330. The molecule has 2 saturated carbocycles. The topological polar surface area (TPSA) is 71.1 Å². The molecule has 0 radical (unpaired) electrons. The van der Waals surface area contributed by atoms with E-state index in [1.54, 1.807) is 19.5 Å². The van der Waals surface area contributed by atoms with Crippen molar-refractivity contribution in [1.29, 1.82) is 0 Å². The Morgan fingerprint density at radius 3 is 2.59 bits per heavy atom. The van der Waals surface area contributed by atoms with Gasteiger partial charge in [0, 0.05) is 55.3 Å². The van der Waals surface area contributed by atoms with Crippen LogP contribution < -0.4 is 16.0 Å². The molecule has 2 aromatic heterocycles. The summed E-state index contributed by atoms with van der Waals surface area (Å²) in [5, 5.41) is 10.6. The molecule has 0 unspecified atom stereocenters. The van der Waals surface area contributed by atoms with Gasteiger partial charge < -0.3 is 20.7 Å². The summed E-state index contributed by atoms with van der Waals surface area (Å²) in [4.78, 5) is 8.62. The van der Waals surface area contributed by atoms with Crippen molar-refractivity contribution in [3.63, 3.8) is 0 Å². The summed E-state index contributed by atoms with van der Waals surface area (Å²) in [6, 6.07) is 5.01. The Balaban J connectivity index is 1.36. The van der Waals surface area contributed by atoms with E-state index in [4.69, 9.17) is 4.74 Å². The number of nitrogens with one attached hydrogen (secondary N) is 3. The lowest BCUT2D eigenvalue weighted by atomic mass is 9.90. The molecule has 2 heterocycles. The number of anilines is 2. The highest BCUT2D eigenvalue weighted by molar-refractivity contribution is 5.69. The van der Waals surface area contributed by atoms with Crippen LogP contribution in [0.15, 0.2) is 30.7 Å². The van der Waals surface area contributed by atoms with Crippen molar-refractivity contribution in [2.75, 3.05) is 30.9 Å². The molecule has 0 aliphatic heterocycles. The third-order valence-electron chi connectivity index (χ3n) is 6.74. The number of halogens is 1. The van der Waals surface area contributed by atoms with Crippen LogP contribution >= 0.6 is 0 Å². The van der Waals surface area contributed by atoms with E-state index in [0.717, 1.165) is 55.9 Å². The number of aromatic nitrogens is 2. The van der Waals surface area contributed by atoms with Crippen LogP contribution in [0.1, 0.15) is 52.4 Å². The highest BCUT2D eigenvalue weighted by Crippen LogP contribution is 2.44. The molecule has 0 aromatic carbocycles. The molecule has 0 saturated heterocycles. The lowest BCUT2D eigenvalue weighted by Gasteiger charge is -2.31. The average molecular weight is 442 g/mol. The molecular formula is C25H36FN5O. The molecule has 0 spiro atoms. The zero-order chi connectivity index (χ0) is 22.6. The second-order valence-corrected chi connectivity index (χ2v) is 9.89. The summed E-state index contributed by atoms with van der Waals surface area (Å²) in [5.74, 6) is 0.387. The summed E-state index contributed by atoms with van der Waals surface area (Å²) in [6.07, 6.45) is 11.7. The van der Waals surface area contributed by atoms with E-state index in [0.29, 0.717) is 29.1 Å². The van der Waals surface area contributed by atoms with Gasteiger partial charge in [-0.05, 0) is 63.0 Å². The van der Waals surface area contributed by atoms with Crippen LogP contribution in [0, 0.1) is 11.2 Å². The number of hydrogen-bond donors (Lipinski definition) is 3. The fraction of sp³-hybridized carbons (Fsp3) is 0.600. The number of ether oxygens (including phenoxy) is 1. The molecule has 1 atom stereocenters. The largest absolute Gasteiger partial charge is 0.383 e. The number of nitrogens with zero attached hydrogens (tertiary/aromatic N) is 2. The number of pyridine rings is 2. The summed E-state index contributed by atoms with van der Waals surface area (Å²) in [6.45, 7) is 6.09. The van der Waals surface area contributed by atoms with Crippen LogP contribution in [0.3, 0.4) is 0 Å². The molecule has 0 bridgehead atoms. The van der Waals surface area contributed by atoms with Gasteiger partial charge in [-0.15, -0.1) is 0 Å². The zero-order valence-corrected chi connectivity index (χ0v) is 19.5. The quantitative estimate of drug-likeness (QED) is 0.490. The molecule has 7 heteroatoms. The van der Waals surface area contributed by atoms with Crippen LogP contribution in [0.2, 0.25) is 0 Å². The van der Waals surface area contributed by atoms with Gasteiger partial charge in [0.15, 0.2) is 0 Å². The standard InChI is InChI=1S/C25H36FN5O/c1-17(15-32-3)30-19-4-6-20(7-5-19)31-24-11-22(23(26)14-28-24)18-10-21(13-27-12-18)29-16-25(2)8-9-25/h10-14,17,19-20,29-30H,4-9,15-16H2,1-3H3,(H,28,31)/t17-,19-,20-/m1/s1. The zero-order valence-electron chi connectivity index (χ0n) is 19.5. The van der Waals surface area contributed by atoms with E-state index in [-0.39, 0.29) is 5.82 Å². The van der Waals surface area contributed by atoms with E-state index in [9.17, 15) is 4.39 Å².